The molecule has 0 bridgehead atoms. The number of rotatable bonds is 7. The molecule has 0 unspecified atom stereocenters. The summed E-state index contributed by atoms with van der Waals surface area (Å²) in [4.78, 5) is 19.9. The lowest BCUT2D eigenvalue weighted by Crippen LogP contribution is -2.21. The van der Waals surface area contributed by atoms with E-state index >= 15 is 0 Å². The van der Waals surface area contributed by atoms with Crippen molar-refractivity contribution in [3.8, 4) is 0 Å². The number of hydrogen-bond acceptors (Lipinski definition) is 5. The van der Waals surface area contributed by atoms with Gasteiger partial charge >= 0.3 is 0 Å². The van der Waals surface area contributed by atoms with Crippen molar-refractivity contribution in [2.45, 2.75) is 0 Å². The third-order valence-electron chi connectivity index (χ3n) is 2.02. The van der Waals surface area contributed by atoms with Crippen molar-refractivity contribution in [2.24, 2.45) is 0 Å². The van der Waals surface area contributed by atoms with Crippen LogP contribution in [-0.4, -0.2) is 55.3 Å². The van der Waals surface area contributed by atoms with Gasteiger partial charge in [0.05, 0.1) is 19.5 Å². The first-order valence-electron chi connectivity index (χ1n) is 5.31. The van der Waals surface area contributed by atoms with E-state index in [1.165, 1.54) is 6.33 Å². The van der Waals surface area contributed by atoms with Crippen LogP contribution < -0.4 is 10.9 Å². The Morgan fingerprint density at radius 1 is 1.53 bits per heavy atom. The van der Waals surface area contributed by atoms with Gasteiger partial charge in [-0.25, -0.2) is 4.98 Å². The zero-order valence-electron chi connectivity index (χ0n) is 9.99. The van der Waals surface area contributed by atoms with Gasteiger partial charge in [0.2, 0.25) is 0 Å². The van der Waals surface area contributed by atoms with Gasteiger partial charge in [0.15, 0.2) is 0 Å². The maximum absolute atomic E-state index is 11.3. The lowest BCUT2D eigenvalue weighted by atomic mass is 10.5. The molecule has 7 heteroatoms. The predicted molar refractivity (Wildman–Crippen MR) is 75.4 cm³/mol. The summed E-state index contributed by atoms with van der Waals surface area (Å²) >= 11 is 1.97. The SMILES string of the molecule is CN(C)CCOCCNc1nc[nH]c(=O)c1I. The number of H-pyrrole nitrogens is 1. The maximum atomic E-state index is 11.3. The molecule has 0 aliphatic carbocycles. The van der Waals surface area contributed by atoms with Crippen molar-refractivity contribution in [3.63, 3.8) is 0 Å². The molecule has 0 aliphatic heterocycles. The number of ether oxygens (including phenoxy) is 1. The molecule has 0 atom stereocenters. The minimum atomic E-state index is -0.128. The maximum Gasteiger partial charge on any atom is 0.266 e. The van der Waals surface area contributed by atoms with E-state index in [1.807, 2.05) is 36.7 Å². The van der Waals surface area contributed by atoms with E-state index in [0.717, 1.165) is 6.54 Å². The van der Waals surface area contributed by atoms with E-state index < -0.39 is 0 Å². The van der Waals surface area contributed by atoms with Crippen LogP contribution in [0.1, 0.15) is 0 Å². The standard InChI is InChI=1S/C10H17IN4O2/c1-15(2)4-6-17-5-3-12-9-8(11)10(16)14-7-13-9/h7H,3-6H2,1-2H3,(H2,12,13,14,16). The summed E-state index contributed by atoms with van der Waals surface area (Å²) in [6.07, 6.45) is 1.39. The van der Waals surface area contributed by atoms with Crippen molar-refractivity contribution in [1.82, 2.24) is 14.9 Å². The molecule has 96 valence electrons. The molecule has 0 radical (unpaired) electrons. The molecule has 1 heterocycles. The third kappa shape index (κ3) is 5.46. The van der Waals surface area contributed by atoms with Gasteiger partial charge in [0.1, 0.15) is 9.39 Å². The van der Waals surface area contributed by atoms with Crippen LogP contribution in [0.25, 0.3) is 0 Å². The Bertz CT molecular complexity index is 394. The monoisotopic (exact) mass is 352 g/mol. The Kier molecular flexibility index (Phi) is 6.45. The smallest absolute Gasteiger partial charge is 0.266 e. The van der Waals surface area contributed by atoms with Gasteiger partial charge in [-0.1, -0.05) is 0 Å². The summed E-state index contributed by atoms with van der Waals surface area (Å²) in [5.74, 6) is 0.602. The second kappa shape index (κ2) is 7.62. The van der Waals surface area contributed by atoms with Gasteiger partial charge in [0, 0.05) is 13.1 Å². The summed E-state index contributed by atoms with van der Waals surface area (Å²) < 4.78 is 5.98. The third-order valence-corrected chi connectivity index (χ3v) is 3.02. The molecule has 0 fully saturated rings. The average molecular weight is 352 g/mol. The predicted octanol–water partition coefficient (Wildman–Crippen LogP) is 0.365. The van der Waals surface area contributed by atoms with Crippen molar-refractivity contribution >= 4 is 28.4 Å². The molecule has 0 saturated carbocycles. The molecule has 2 N–H and O–H groups in total. The van der Waals surface area contributed by atoms with Crippen LogP contribution in [0.3, 0.4) is 0 Å². The number of aromatic nitrogens is 2. The van der Waals surface area contributed by atoms with Crippen LogP contribution in [-0.2, 0) is 4.74 Å². The molecule has 17 heavy (non-hydrogen) atoms. The number of aromatic amines is 1. The highest BCUT2D eigenvalue weighted by Gasteiger charge is 2.03. The topological polar surface area (TPSA) is 70.2 Å². The molecule has 0 aromatic carbocycles. The molecular formula is C10H17IN4O2. The second-order valence-electron chi connectivity index (χ2n) is 3.74. The normalized spacial score (nSPS) is 10.8. The number of likely N-dealkylation sites (N-methyl/N-ethyl adjacent to an activating group) is 1. The van der Waals surface area contributed by atoms with E-state index in [0.29, 0.717) is 29.1 Å². The van der Waals surface area contributed by atoms with Crippen LogP contribution >= 0.6 is 22.6 Å². The lowest BCUT2D eigenvalue weighted by Gasteiger charge is -2.10. The molecular weight excluding hydrogens is 335 g/mol. The van der Waals surface area contributed by atoms with Gasteiger partial charge < -0.3 is 19.9 Å². The van der Waals surface area contributed by atoms with Crippen molar-refractivity contribution in [1.29, 1.82) is 0 Å². The summed E-state index contributed by atoms with van der Waals surface area (Å²) in [7, 11) is 4.01. The van der Waals surface area contributed by atoms with Crippen LogP contribution in [0.15, 0.2) is 11.1 Å². The molecule has 1 aromatic rings. The minimum Gasteiger partial charge on any atom is -0.378 e. The summed E-state index contributed by atoms with van der Waals surface area (Å²) in [5.41, 5.74) is -0.128. The van der Waals surface area contributed by atoms with Crippen molar-refractivity contribution < 1.29 is 4.74 Å². The lowest BCUT2D eigenvalue weighted by molar-refractivity contribution is 0.126. The van der Waals surface area contributed by atoms with E-state index in [1.54, 1.807) is 0 Å². The molecule has 0 saturated heterocycles. The van der Waals surface area contributed by atoms with Crippen molar-refractivity contribution in [2.75, 3.05) is 45.7 Å². The quantitative estimate of drug-likeness (QED) is 0.548. The Morgan fingerprint density at radius 3 is 3.00 bits per heavy atom. The molecule has 0 aliphatic rings. The Morgan fingerprint density at radius 2 is 2.29 bits per heavy atom. The molecule has 6 nitrogen and oxygen atoms in total. The van der Waals surface area contributed by atoms with E-state index in [4.69, 9.17) is 4.74 Å². The molecule has 0 amide bonds. The molecule has 0 spiro atoms. The van der Waals surface area contributed by atoms with Crippen LogP contribution in [0.4, 0.5) is 5.82 Å². The molecule has 1 aromatic heterocycles. The summed E-state index contributed by atoms with van der Waals surface area (Å²) in [5, 5.41) is 3.06. The van der Waals surface area contributed by atoms with Gasteiger partial charge in [-0.15, -0.1) is 0 Å². The Labute approximate surface area is 114 Å². The second-order valence-corrected chi connectivity index (χ2v) is 4.82. The summed E-state index contributed by atoms with van der Waals surface area (Å²) in [6, 6.07) is 0. The fourth-order valence-electron chi connectivity index (χ4n) is 1.10. The molecule has 1 rings (SSSR count). The highest BCUT2D eigenvalue weighted by molar-refractivity contribution is 14.1. The van der Waals surface area contributed by atoms with Gasteiger partial charge in [0.25, 0.3) is 5.56 Å². The number of anilines is 1. The highest BCUT2D eigenvalue weighted by Crippen LogP contribution is 2.07. The van der Waals surface area contributed by atoms with Gasteiger partial charge in [-0.05, 0) is 36.7 Å². The fourth-order valence-corrected chi connectivity index (χ4v) is 1.58. The first kappa shape index (κ1) is 14.4. The summed E-state index contributed by atoms with van der Waals surface area (Å²) in [6.45, 7) is 2.84. The van der Waals surface area contributed by atoms with Gasteiger partial charge in [-0.2, -0.15) is 0 Å². The van der Waals surface area contributed by atoms with Crippen LogP contribution in [0.5, 0.6) is 0 Å². The Hall–Kier alpha value is -0.670. The number of halogens is 1. The number of hydrogen-bond donors (Lipinski definition) is 2. The first-order valence-corrected chi connectivity index (χ1v) is 6.38. The largest absolute Gasteiger partial charge is 0.378 e. The zero-order valence-corrected chi connectivity index (χ0v) is 12.2. The number of nitrogens with one attached hydrogen (secondary N) is 2. The van der Waals surface area contributed by atoms with Gasteiger partial charge in [-0.3, -0.25) is 4.79 Å². The highest BCUT2D eigenvalue weighted by atomic mass is 127. The first-order chi connectivity index (χ1) is 8.11. The number of nitrogens with zero attached hydrogens (tertiary/aromatic N) is 2. The van der Waals surface area contributed by atoms with E-state index in [-0.39, 0.29) is 5.56 Å². The minimum absolute atomic E-state index is 0.128. The van der Waals surface area contributed by atoms with E-state index in [9.17, 15) is 4.79 Å². The average Bonchev–Trinajstić information content (AvgIpc) is 2.28. The van der Waals surface area contributed by atoms with Crippen molar-refractivity contribution in [3.05, 3.63) is 20.3 Å². The van der Waals surface area contributed by atoms with Crippen LogP contribution in [0, 0.1) is 3.57 Å². The fraction of sp³-hybridized carbons (Fsp3) is 0.600. The Balaban J connectivity index is 2.23. The van der Waals surface area contributed by atoms with E-state index in [2.05, 4.69) is 20.2 Å². The van der Waals surface area contributed by atoms with Crippen LogP contribution in [0.2, 0.25) is 0 Å². The zero-order chi connectivity index (χ0) is 12.7.